The first-order valence-electron chi connectivity index (χ1n) is 11.0. The highest BCUT2D eigenvalue weighted by Gasteiger charge is 2.24. The maximum Gasteiger partial charge on any atom is 0.326 e. The van der Waals surface area contributed by atoms with Crippen LogP contribution in [-0.2, 0) is 19.2 Å². The number of carboxylic acids is 3. The molecule has 11 heteroatoms. The van der Waals surface area contributed by atoms with Gasteiger partial charge >= 0.3 is 23.9 Å². The second kappa shape index (κ2) is 16.8. The molecule has 2 atom stereocenters. The standard InChI is InChI=1S/C21H37N3O8/c1-14(2)8-4-3-5-10-17(25)22-13-7-6-9-15(19(28)29)23-21(32)24-16(20(30)31)11-12-18(26)27/h14-16H,3-13H2,1-2H3,(H,22,25)(H,26,27)(H,28,29)(H,30,31)(H2,23,24,32)/t15-,16-/m0/s1. The van der Waals surface area contributed by atoms with E-state index in [2.05, 4.69) is 29.8 Å². The Morgan fingerprint density at radius 3 is 1.78 bits per heavy atom. The van der Waals surface area contributed by atoms with Crippen molar-refractivity contribution in [3.63, 3.8) is 0 Å². The largest absolute Gasteiger partial charge is 0.481 e. The van der Waals surface area contributed by atoms with Gasteiger partial charge in [0.25, 0.3) is 0 Å². The summed E-state index contributed by atoms with van der Waals surface area (Å²) in [5.74, 6) is -3.27. The van der Waals surface area contributed by atoms with Gasteiger partial charge < -0.3 is 31.3 Å². The maximum absolute atomic E-state index is 11.9. The molecule has 0 aromatic heterocycles. The average molecular weight is 460 g/mol. The maximum atomic E-state index is 11.9. The average Bonchev–Trinajstić information content (AvgIpc) is 2.68. The van der Waals surface area contributed by atoms with E-state index in [9.17, 15) is 29.1 Å². The summed E-state index contributed by atoms with van der Waals surface area (Å²) in [5.41, 5.74) is 0. The molecule has 0 saturated carbocycles. The van der Waals surface area contributed by atoms with Crippen LogP contribution >= 0.6 is 0 Å². The molecule has 0 radical (unpaired) electrons. The topological polar surface area (TPSA) is 182 Å². The van der Waals surface area contributed by atoms with Crippen LogP contribution in [0.1, 0.15) is 78.1 Å². The minimum absolute atomic E-state index is 0.0390. The molecule has 184 valence electrons. The predicted octanol–water partition coefficient (Wildman–Crippen LogP) is 1.95. The Balaban J connectivity index is 4.17. The van der Waals surface area contributed by atoms with Crippen molar-refractivity contribution in [3.8, 4) is 0 Å². The SMILES string of the molecule is CC(C)CCCCCC(=O)NCCCC[C@H](NC(=O)N[C@@H](CCC(=O)O)C(=O)O)C(=O)O. The molecule has 6 N–H and O–H groups in total. The van der Waals surface area contributed by atoms with Gasteiger partial charge in [-0.1, -0.05) is 33.1 Å². The Hall–Kier alpha value is -2.85. The number of nitrogens with one attached hydrogen (secondary N) is 3. The van der Waals surface area contributed by atoms with Gasteiger partial charge in [0.15, 0.2) is 0 Å². The number of hydrogen-bond acceptors (Lipinski definition) is 5. The molecule has 0 aliphatic rings. The van der Waals surface area contributed by atoms with Crippen LogP contribution in [0.15, 0.2) is 0 Å². The van der Waals surface area contributed by atoms with Crippen LogP contribution in [0.4, 0.5) is 4.79 Å². The number of aliphatic carboxylic acids is 3. The number of rotatable bonds is 18. The number of unbranched alkanes of at least 4 members (excludes halogenated alkanes) is 3. The number of hydrogen-bond donors (Lipinski definition) is 6. The van der Waals surface area contributed by atoms with E-state index in [1.807, 2.05) is 0 Å². The first kappa shape index (κ1) is 29.1. The zero-order valence-corrected chi connectivity index (χ0v) is 18.9. The minimum Gasteiger partial charge on any atom is -0.481 e. The number of carboxylic acid groups (broad SMARTS) is 3. The zero-order chi connectivity index (χ0) is 24.5. The van der Waals surface area contributed by atoms with E-state index < -0.39 is 42.4 Å². The summed E-state index contributed by atoms with van der Waals surface area (Å²) in [4.78, 5) is 56.7. The highest BCUT2D eigenvalue weighted by molar-refractivity contribution is 5.86. The second-order valence-electron chi connectivity index (χ2n) is 8.17. The lowest BCUT2D eigenvalue weighted by Crippen LogP contribution is -2.51. The van der Waals surface area contributed by atoms with E-state index in [4.69, 9.17) is 10.2 Å². The lowest BCUT2D eigenvalue weighted by atomic mass is 10.0. The third-order valence-electron chi connectivity index (χ3n) is 4.78. The Kier molecular flexibility index (Phi) is 15.3. The monoisotopic (exact) mass is 459 g/mol. The van der Waals surface area contributed by atoms with Crippen LogP contribution in [-0.4, -0.2) is 63.8 Å². The van der Waals surface area contributed by atoms with Gasteiger partial charge in [-0.3, -0.25) is 9.59 Å². The lowest BCUT2D eigenvalue weighted by Gasteiger charge is -2.18. The molecule has 32 heavy (non-hydrogen) atoms. The molecule has 0 bridgehead atoms. The third-order valence-corrected chi connectivity index (χ3v) is 4.78. The molecule has 0 heterocycles. The molecule has 0 rings (SSSR count). The Morgan fingerprint density at radius 1 is 0.688 bits per heavy atom. The van der Waals surface area contributed by atoms with Crippen molar-refractivity contribution >= 4 is 29.8 Å². The van der Waals surface area contributed by atoms with E-state index in [0.717, 1.165) is 25.7 Å². The van der Waals surface area contributed by atoms with E-state index >= 15 is 0 Å². The van der Waals surface area contributed by atoms with E-state index in [1.54, 1.807) is 0 Å². The van der Waals surface area contributed by atoms with Gasteiger partial charge in [-0.2, -0.15) is 0 Å². The number of amides is 3. The minimum atomic E-state index is -1.44. The number of carbonyl (C=O) groups excluding carboxylic acids is 2. The van der Waals surface area contributed by atoms with Crippen LogP contribution in [0.5, 0.6) is 0 Å². The van der Waals surface area contributed by atoms with Gasteiger partial charge in [0.1, 0.15) is 12.1 Å². The molecule has 0 fully saturated rings. The summed E-state index contributed by atoms with van der Waals surface area (Å²) in [6, 6.07) is -3.68. The molecule has 11 nitrogen and oxygen atoms in total. The summed E-state index contributed by atoms with van der Waals surface area (Å²) in [6.07, 6.45) is 4.84. The first-order valence-corrected chi connectivity index (χ1v) is 11.0. The normalized spacial score (nSPS) is 12.6. The van der Waals surface area contributed by atoms with E-state index in [1.165, 1.54) is 0 Å². The summed E-state index contributed by atoms with van der Waals surface area (Å²) in [7, 11) is 0. The van der Waals surface area contributed by atoms with Crippen LogP contribution in [0.2, 0.25) is 0 Å². The predicted molar refractivity (Wildman–Crippen MR) is 116 cm³/mol. The van der Waals surface area contributed by atoms with Crippen LogP contribution in [0.25, 0.3) is 0 Å². The van der Waals surface area contributed by atoms with Crippen LogP contribution in [0.3, 0.4) is 0 Å². The Labute approximate surface area is 188 Å². The molecule has 0 aliphatic heterocycles. The first-order chi connectivity index (χ1) is 15.0. The molecule has 0 aliphatic carbocycles. The van der Waals surface area contributed by atoms with Crippen molar-refractivity contribution in [1.82, 2.24) is 16.0 Å². The zero-order valence-electron chi connectivity index (χ0n) is 18.9. The lowest BCUT2D eigenvalue weighted by molar-refractivity contribution is -0.140. The molecule has 0 aromatic rings. The van der Waals surface area contributed by atoms with E-state index in [0.29, 0.717) is 31.7 Å². The Morgan fingerprint density at radius 2 is 1.25 bits per heavy atom. The summed E-state index contributed by atoms with van der Waals surface area (Å²) in [5, 5.41) is 34.0. The number of urea groups is 1. The molecular weight excluding hydrogens is 422 g/mol. The highest BCUT2D eigenvalue weighted by Crippen LogP contribution is 2.09. The molecule has 3 amide bonds. The molecule has 0 unspecified atom stereocenters. The highest BCUT2D eigenvalue weighted by atomic mass is 16.4. The fourth-order valence-corrected chi connectivity index (χ4v) is 2.95. The van der Waals surface area contributed by atoms with Gasteiger partial charge in [-0.05, 0) is 38.0 Å². The van der Waals surface area contributed by atoms with Crippen molar-refractivity contribution < 1.29 is 39.3 Å². The van der Waals surface area contributed by atoms with Crippen LogP contribution in [0, 0.1) is 5.92 Å². The van der Waals surface area contributed by atoms with Crippen molar-refractivity contribution in [2.75, 3.05) is 6.54 Å². The molecule has 0 spiro atoms. The molecular formula is C21H37N3O8. The molecule has 0 aromatic carbocycles. The van der Waals surface area contributed by atoms with Gasteiger partial charge in [0.2, 0.25) is 5.91 Å². The summed E-state index contributed by atoms with van der Waals surface area (Å²) < 4.78 is 0. The Bertz CT molecular complexity index is 624. The third kappa shape index (κ3) is 15.9. The van der Waals surface area contributed by atoms with Crippen LogP contribution < -0.4 is 16.0 Å². The van der Waals surface area contributed by atoms with Gasteiger partial charge in [0, 0.05) is 19.4 Å². The van der Waals surface area contributed by atoms with E-state index in [-0.39, 0.29) is 18.7 Å². The quantitative estimate of drug-likeness (QED) is 0.168. The van der Waals surface area contributed by atoms with Crippen molar-refractivity contribution in [1.29, 1.82) is 0 Å². The van der Waals surface area contributed by atoms with Gasteiger partial charge in [-0.15, -0.1) is 0 Å². The smallest absolute Gasteiger partial charge is 0.326 e. The fraction of sp³-hybridized carbons (Fsp3) is 0.762. The fourth-order valence-electron chi connectivity index (χ4n) is 2.95. The van der Waals surface area contributed by atoms with Crippen molar-refractivity contribution in [2.45, 2.75) is 90.1 Å². The summed E-state index contributed by atoms with van der Waals surface area (Å²) >= 11 is 0. The van der Waals surface area contributed by atoms with Gasteiger partial charge in [-0.25, -0.2) is 14.4 Å². The van der Waals surface area contributed by atoms with Gasteiger partial charge in [0.05, 0.1) is 0 Å². The number of carbonyl (C=O) groups is 5. The summed E-state index contributed by atoms with van der Waals surface area (Å²) in [6.45, 7) is 4.73. The second-order valence-corrected chi connectivity index (χ2v) is 8.17. The van der Waals surface area contributed by atoms with Crippen molar-refractivity contribution in [3.05, 3.63) is 0 Å². The van der Waals surface area contributed by atoms with Crippen molar-refractivity contribution in [2.24, 2.45) is 5.92 Å². The molecule has 0 saturated heterocycles.